The number of hydrogen-bond acceptors (Lipinski definition) is 5. The summed E-state index contributed by atoms with van der Waals surface area (Å²) >= 11 is 13.3. The summed E-state index contributed by atoms with van der Waals surface area (Å²) in [4.78, 5) is 32.4. The SMILES string of the molecule is O=C(Nc1ccc(N2C(=O)C3CCCCN3C2=S)c(Cl)c1)c1cscn1. The number of aromatic nitrogens is 1. The van der Waals surface area contributed by atoms with Gasteiger partial charge in [-0.15, -0.1) is 11.3 Å². The van der Waals surface area contributed by atoms with E-state index < -0.39 is 0 Å². The number of carbonyl (C=O) groups is 2. The Morgan fingerprint density at radius 1 is 1.38 bits per heavy atom. The van der Waals surface area contributed by atoms with Crippen LogP contribution in [0.25, 0.3) is 0 Å². The molecule has 2 fully saturated rings. The summed E-state index contributed by atoms with van der Waals surface area (Å²) in [5.74, 6) is -0.337. The molecule has 0 radical (unpaired) electrons. The van der Waals surface area contributed by atoms with Gasteiger partial charge in [-0.2, -0.15) is 0 Å². The first-order chi connectivity index (χ1) is 12.6. The van der Waals surface area contributed by atoms with Gasteiger partial charge in [0, 0.05) is 17.6 Å². The van der Waals surface area contributed by atoms with Crippen molar-refractivity contribution in [3.05, 3.63) is 39.8 Å². The normalized spacial score (nSPS) is 19.7. The van der Waals surface area contributed by atoms with Gasteiger partial charge in [0.15, 0.2) is 5.11 Å². The Hall–Kier alpha value is -2.03. The molecule has 1 unspecified atom stereocenters. The van der Waals surface area contributed by atoms with Crippen LogP contribution < -0.4 is 10.2 Å². The van der Waals surface area contributed by atoms with Gasteiger partial charge in [-0.3, -0.25) is 14.5 Å². The smallest absolute Gasteiger partial charge is 0.275 e. The first-order valence-corrected chi connectivity index (χ1v) is 9.93. The maximum atomic E-state index is 12.8. The zero-order valence-corrected chi connectivity index (χ0v) is 16.0. The third-order valence-corrected chi connectivity index (χ3v) is 5.86. The second kappa shape index (κ2) is 6.94. The van der Waals surface area contributed by atoms with E-state index in [-0.39, 0.29) is 17.9 Å². The average Bonchev–Trinajstić information content (AvgIpc) is 3.25. The first kappa shape index (κ1) is 17.4. The lowest BCUT2D eigenvalue weighted by molar-refractivity contribution is -0.120. The minimum atomic E-state index is -0.306. The minimum Gasteiger partial charge on any atom is -0.336 e. The third-order valence-electron chi connectivity index (χ3n) is 4.56. The van der Waals surface area contributed by atoms with Gasteiger partial charge in [-0.25, -0.2) is 4.98 Å². The Morgan fingerprint density at radius 3 is 2.92 bits per heavy atom. The summed E-state index contributed by atoms with van der Waals surface area (Å²) in [6.07, 6.45) is 2.88. The van der Waals surface area contributed by atoms with Crippen LogP contribution in [0.1, 0.15) is 29.8 Å². The molecule has 26 heavy (non-hydrogen) atoms. The number of nitrogens with zero attached hydrogens (tertiary/aromatic N) is 3. The number of anilines is 2. The Balaban J connectivity index is 1.57. The van der Waals surface area contributed by atoms with Crippen molar-refractivity contribution in [3.63, 3.8) is 0 Å². The van der Waals surface area contributed by atoms with E-state index in [9.17, 15) is 9.59 Å². The molecule has 1 N–H and O–H groups in total. The van der Waals surface area contributed by atoms with Crippen LogP contribution in [0.4, 0.5) is 11.4 Å². The molecule has 2 saturated heterocycles. The number of carbonyl (C=O) groups excluding carboxylic acids is 2. The number of thiocarbonyl (C=S) groups is 1. The number of benzene rings is 1. The van der Waals surface area contributed by atoms with Gasteiger partial charge in [0.2, 0.25) is 0 Å². The molecule has 0 bridgehead atoms. The van der Waals surface area contributed by atoms with E-state index in [2.05, 4.69) is 10.3 Å². The van der Waals surface area contributed by atoms with E-state index >= 15 is 0 Å². The fraction of sp³-hybridized carbons (Fsp3) is 0.294. The van der Waals surface area contributed by atoms with Gasteiger partial charge < -0.3 is 10.2 Å². The predicted octanol–water partition coefficient (Wildman–Crippen LogP) is 3.53. The van der Waals surface area contributed by atoms with Crippen LogP contribution in [-0.2, 0) is 4.79 Å². The monoisotopic (exact) mass is 406 g/mol. The van der Waals surface area contributed by atoms with Crippen molar-refractivity contribution in [1.29, 1.82) is 0 Å². The molecule has 9 heteroatoms. The van der Waals surface area contributed by atoms with E-state index in [4.69, 9.17) is 23.8 Å². The van der Waals surface area contributed by atoms with Crippen molar-refractivity contribution in [2.45, 2.75) is 25.3 Å². The summed E-state index contributed by atoms with van der Waals surface area (Å²) < 4.78 is 0. The van der Waals surface area contributed by atoms with Crippen LogP contribution in [0.5, 0.6) is 0 Å². The molecule has 0 saturated carbocycles. The summed E-state index contributed by atoms with van der Waals surface area (Å²) in [6.45, 7) is 0.797. The molecule has 2 amide bonds. The molecule has 2 aromatic rings. The quantitative estimate of drug-likeness (QED) is 0.790. The molecule has 6 nitrogen and oxygen atoms in total. The lowest BCUT2D eigenvalue weighted by Crippen LogP contribution is -2.38. The fourth-order valence-corrected chi connectivity index (χ4v) is 4.50. The summed E-state index contributed by atoms with van der Waals surface area (Å²) in [5.41, 5.74) is 3.03. The second-order valence-corrected chi connectivity index (χ2v) is 7.65. The van der Waals surface area contributed by atoms with Crippen molar-refractivity contribution in [2.24, 2.45) is 0 Å². The molecule has 1 aromatic heterocycles. The number of thiazole rings is 1. The average molecular weight is 407 g/mol. The van der Waals surface area contributed by atoms with Crippen molar-refractivity contribution < 1.29 is 9.59 Å². The highest BCUT2D eigenvalue weighted by molar-refractivity contribution is 7.80. The minimum absolute atomic E-state index is 0.0316. The first-order valence-electron chi connectivity index (χ1n) is 8.20. The number of rotatable bonds is 3. The topological polar surface area (TPSA) is 65.5 Å². The number of nitrogens with one attached hydrogen (secondary N) is 1. The maximum absolute atomic E-state index is 12.8. The number of piperidine rings is 1. The van der Waals surface area contributed by atoms with Crippen molar-refractivity contribution in [1.82, 2.24) is 9.88 Å². The van der Waals surface area contributed by atoms with Gasteiger partial charge >= 0.3 is 0 Å². The van der Waals surface area contributed by atoms with Gasteiger partial charge in [-0.05, 0) is 49.7 Å². The Bertz CT molecular complexity index is 863. The maximum Gasteiger partial charge on any atom is 0.275 e. The number of halogens is 1. The molecule has 134 valence electrons. The number of hydrogen-bond donors (Lipinski definition) is 1. The molecule has 0 aliphatic carbocycles. The Labute approximate surface area is 164 Å². The van der Waals surface area contributed by atoms with Crippen LogP contribution in [0.3, 0.4) is 0 Å². The van der Waals surface area contributed by atoms with E-state index in [1.165, 1.54) is 16.2 Å². The molecule has 2 aliphatic heterocycles. The zero-order chi connectivity index (χ0) is 18.3. The summed E-state index contributed by atoms with van der Waals surface area (Å²) in [7, 11) is 0. The lowest BCUT2D eigenvalue weighted by atomic mass is 10.0. The van der Waals surface area contributed by atoms with Crippen LogP contribution >= 0.6 is 35.2 Å². The van der Waals surface area contributed by atoms with Crippen molar-refractivity contribution >= 4 is 63.5 Å². The molecular weight excluding hydrogens is 392 g/mol. The van der Waals surface area contributed by atoms with Crippen molar-refractivity contribution in [3.8, 4) is 0 Å². The molecule has 4 rings (SSSR count). The van der Waals surface area contributed by atoms with Gasteiger partial charge in [0.1, 0.15) is 11.7 Å². The molecular formula is C17H15ClN4O2S2. The predicted molar refractivity (Wildman–Crippen MR) is 106 cm³/mol. The second-order valence-electron chi connectivity index (χ2n) is 6.16. The zero-order valence-electron chi connectivity index (χ0n) is 13.6. The van der Waals surface area contributed by atoms with Crippen LogP contribution in [0.15, 0.2) is 29.1 Å². The Morgan fingerprint density at radius 2 is 2.23 bits per heavy atom. The van der Waals surface area contributed by atoms with Crippen LogP contribution in [-0.4, -0.2) is 39.4 Å². The molecule has 3 heterocycles. The molecule has 2 aliphatic rings. The van der Waals surface area contributed by atoms with E-state index in [0.29, 0.717) is 27.2 Å². The van der Waals surface area contributed by atoms with E-state index in [1.54, 1.807) is 29.1 Å². The summed E-state index contributed by atoms with van der Waals surface area (Å²) in [6, 6.07) is 4.85. The number of fused-ring (bicyclic) bond motifs is 1. The molecule has 0 spiro atoms. The lowest BCUT2D eigenvalue weighted by Gasteiger charge is -2.28. The fourth-order valence-electron chi connectivity index (χ4n) is 3.30. The highest BCUT2D eigenvalue weighted by Crippen LogP contribution is 2.36. The van der Waals surface area contributed by atoms with Crippen LogP contribution in [0.2, 0.25) is 5.02 Å². The highest BCUT2D eigenvalue weighted by atomic mass is 35.5. The number of amides is 2. The standard InChI is InChI=1S/C17H15ClN4O2S2/c18-11-7-10(20-15(23)12-8-26-9-19-12)4-5-13(11)22-16(24)14-3-1-2-6-21(14)17(22)25/h4-5,7-9,14H,1-3,6H2,(H,20,23). The van der Waals surface area contributed by atoms with E-state index in [1.807, 2.05) is 4.90 Å². The third kappa shape index (κ3) is 2.98. The summed E-state index contributed by atoms with van der Waals surface area (Å²) in [5, 5.41) is 5.28. The van der Waals surface area contributed by atoms with Gasteiger partial charge in [-0.1, -0.05) is 11.6 Å². The molecule has 1 atom stereocenters. The van der Waals surface area contributed by atoms with Gasteiger partial charge in [0.25, 0.3) is 11.8 Å². The van der Waals surface area contributed by atoms with E-state index in [0.717, 1.165) is 25.8 Å². The Kier molecular flexibility index (Phi) is 4.64. The van der Waals surface area contributed by atoms with Gasteiger partial charge in [0.05, 0.1) is 16.2 Å². The molecule has 1 aromatic carbocycles. The highest BCUT2D eigenvalue weighted by Gasteiger charge is 2.44. The van der Waals surface area contributed by atoms with Crippen LogP contribution in [0, 0.1) is 0 Å². The van der Waals surface area contributed by atoms with Crippen molar-refractivity contribution in [2.75, 3.05) is 16.8 Å². The largest absolute Gasteiger partial charge is 0.336 e.